The quantitative estimate of drug-likeness (QED) is 0.290. The van der Waals surface area contributed by atoms with Crippen LogP contribution in [0.4, 0.5) is 0 Å². The van der Waals surface area contributed by atoms with E-state index in [1.165, 1.54) is 20.5 Å². The smallest absolute Gasteiger partial charge is 0.357 e. The Kier molecular flexibility index (Phi) is 5.71. The van der Waals surface area contributed by atoms with E-state index in [1.807, 2.05) is 0 Å². The van der Waals surface area contributed by atoms with Crippen molar-refractivity contribution in [3.8, 4) is 0 Å². The maximum atomic E-state index is 11.0. The predicted molar refractivity (Wildman–Crippen MR) is 46.7 cm³/mol. The van der Waals surface area contributed by atoms with Crippen molar-refractivity contribution in [1.29, 1.82) is 0 Å². The number of rotatable bonds is 5. The van der Waals surface area contributed by atoms with E-state index in [-0.39, 0.29) is 5.70 Å². The number of carbonyl (C=O) groups excluding carboxylic acids is 1. The fourth-order valence-electron chi connectivity index (χ4n) is 0.538. The second-order valence-corrected chi connectivity index (χ2v) is 2.21. The summed E-state index contributed by atoms with van der Waals surface area (Å²) in [5.74, 6) is -0.481. The molecule has 0 spiro atoms. The largest absolute Gasteiger partial charge is 0.470 e. The molecule has 0 amide bonds. The number of carbonyl (C=O) groups is 1. The van der Waals surface area contributed by atoms with Gasteiger partial charge in [0.1, 0.15) is 6.26 Å². The number of hydrogen-bond acceptors (Lipinski definition) is 5. The summed E-state index contributed by atoms with van der Waals surface area (Å²) in [5, 5.41) is 2.64. The van der Waals surface area contributed by atoms with Gasteiger partial charge in [-0.05, 0) is 6.92 Å². The number of methoxy groups -OCH3 is 2. The zero-order chi connectivity index (χ0) is 10.3. The molecule has 0 aromatic carbocycles. The van der Waals surface area contributed by atoms with Gasteiger partial charge in [-0.2, -0.15) is 0 Å². The molecule has 0 saturated carbocycles. The third-order valence-electron chi connectivity index (χ3n) is 1.38. The topological polar surface area (TPSA) is 56.8 Å². The van der Waals surface area contributed by atoms with Gasteiger partial charge in [-0.1, -0.05) is 0 Å². The monoisotopic (exact) mass is 189 g/mol. The van der Waals surface area contributed by atoms with Crippen molar-refractivity contribution in [3.63, 3.8) is 0 Å². The molecule has 0 fully saturated rings. The Morgan fingerprint density at radius 3 is 2.46 bits per heavy atom. The molecule has 76 valence electrons. The van der Waals surface area contributed by atoms with Crippen LogP contribution in [-0.2, 0) is 19.0 Å². The lowest BCUT2D eigenvalue weighted by Gasteiger charge is -2.10. The van der Waals surface area contributed by atoms with Gasteiger partial charge < -0.3 is 19.5 Å². The number of hydrogen-bond donors (Lipinski definition) is 1. The van der Waals surface area contributed by atoms with Crippen LogP contribution >= 0.6 is 0 Å². The molecule has 5 nitrogen and oxygen atoms in total. The minimum absolute atomic E-state index is 0.242. The Balaban J connectivity index is 4.14. The molecular formula is C8H15NO4. The van der Waals surface area contributed by atoms with Crippen molar-refractivity contribution in [3.05, 3.63) is 12.0 Å². The minimum atomic E-state index is -0.481. The predicted octanol–water partition coefficient (Wildman–Crippen LogP) is 0.229. The summed E-state index contributed by atoms with van der Waals surface area (Å²) < 4.78 is 14.3. The van der Waals surface area contributed by atoms with Gasteiger partial charge in [0.2, 0.25) is 0 Å². The molecule has 0 aromatic rings. The summed E-state index contributed by atoms with van der Waals surface area (Å²) in [6, 6.07) is 0. The van der Waals surface area contributed by atoms with Gasteiger partial charge >= 0.3 is 5.97 Å². The maximum absolute atomic E-state index is 11.0. The average Bonchev–Trinajstić information content (AvgIpc) is 2.17. The van der Waals surface area contributed by atoms with Gasteiger partial charge in [-0.3, -0.25) is 0 Å². The summed E-state index contributed by atoms with van der Waals surface area (Å²) in [5.41, 5.74) is 0.242. The lowest BCUT2D eigenvalue weighted by atomic mass is 10.5. The summed E-state index contributed by atoms with van der Waals surface area (Å²) >= 11 is 0. The lowest BCUT2D eigenvalue weighted by molar-refractivity contribution is -0.137. The molecule has 0 aliphatic rings. The Hall–Kier alpha value is -1.23. The van der Waals surface area contributed by atoms with Crippen molar-refractivity contribution in [2.45, 2.75) is 13.2 Å². The molecule has 1 unspecified atom stereocenters. The van der Waals surface area contributed by atoms with Gasteiger partial charge in [0.25, 0.3) is 0 Å². The lowest BCUT2D eigenvalue weighted by Crippen LogP contribution is -2.19. The first-order valence-electron chi connectivity index (χ1n) is 3.80. The van der Waals surface area contributed by atoms with E-state index >= 15 is 0 Å². The Bertz CT molecular complexity index is 191. The molecule has 1 atom stereocenters. The molecule has 0 aliphatic heterocycles. The summed E-state index contributed by atoms with van der Waals surface area (Å²) in [7, 11) is 4.41. The fourth-order valence-corrected chi connectivity index (χ4v) is 0.538. The highest BCUT2D eigenvalue weighted by Gasteiger charge is 2.07. The van der Waals surface area contributed by atoms with Crippen LogP contribution < -0.4 is 5.32 Å². The normalized spacial score (nSPS) is 13.4. The van der Waals surface area contributed by atoms with Gasteiger partial charge in [-0.15, -0.1) is 0 Å². The molecule has 13 heavy (non-hydrogen) atoms. The van der Waals surface area contributed by atoms with E-state index in [0.717, 1.165) is 0 Å². The zero-order valence-corrected chi connectivity index (χ0v) is 8.29. The first-order valence-corrected chi connectivity index (χ1v) is 3.80. The molecule has 5 heteroatoms. The molecule has 0 aromatic heterocycles. The van der Waals surface area contributed by atoms with Crippen LogP contribution in [0.1, 0.15) is 6.92 Å². The summed E-state index contributed by atoms with van der Waals surface area (Å²) in [6.07, 6.45) is 0.869. The van der Waals surface area contributed by atoms with Crippen LogP contribution in [0.2, 0.25) is 0 Å². The van der Waals surface area contributed by atoms with Gasteiger partial charge in [0, 0.05) is 14.2 Å². The summed E-state index contributed by atoms with van der Waals surface area (Å²) in [6.45, 7) is 1.71. The second kappa shape index (κ2) is 6.30. The fraction of sp³-hybridized carbons (Fsp3) is 0.625. The highest BCUT2D eigenvalue weighted by Crippen LogP contribution is 1.97. The Morgan fingerprint density at radius 2 is 2.08 bits per heavy atom. The number of ether oxygens (including phenoxy) is 3. The first kappa shape index (κ1) is 11.8. The molecule has 1 N–H and O–H groups in total. The third-order valence-corrected chi connectivity index (χ3v) is 1.38. The van der Waals surface area contributed by atoms with Crippen molar-refractivity contribution >= 4 is 5.97 Å². The van der Waals surface area contributed by atoms with Crippen LogP contribution in [-0.4, -0.2) is 33.5 Å². The van der Waals surface area contributed by atoms with Crippen molar-refractivity contribution < 1.29 is 19.0 Å². The van der Waals surface area contributed by atoms with E-state index in [2.05, 4.69) is 10.1 Å². The van der Waals surface area contributed by atoms with Crippen LogP contribution in [0.25, 0.3) is 0 Å². The van der Waals surface area contributed by atoms with Gasteiger partial charge in [0.05, 0.1) is 7.11 Å². The van der Waals surface area contributed by atoms with Crippen LogP contribution in [0, 0.1) is 0 Å². The van der Waals surface area contributed by atoms with Crippen molar-refractivity contribution in [1.82, 2.24) is 5.32 Å². The maximum Gasteiger partial charge on any atom is 0.357 e. The first-order chi connectivity index (χ1) is 6.15. The number of esters is 1. The SMILES string of the molecule is CN/C(=C\OC(C)OC)C(=O)OC. The highest BCUT2D eigenvalue weighted by atomic mass is 16.7. The molecule has 0 bridgehead atoms. The standard InChI is InChI=1S/C8H15NO4/c1-6(11-3)13-5-7(9-2)8(10)12-4/h5-6,9H,1-4H3/b7-5-. The average molecular weight is 189 g/mol. The van der Waals surface area contributed by atoms with E-state index in [1.54, 1.807) is 14.0 Å². The molecule has 0 saturated heterocycles. The minimum Gasteiger partial charge on any atom is -0.470 e. The molecular weight excluding hydrogens is 174 g/mol. The van der Waals surface area contributed by atoms with Crippen molar-refractivity contribution in [2.24, 2.45) is 0 Å². The van der Waals surface area contributed by atoms with E-state index in [0.29, 0.717) is 0 Å². The summed E-state index contributed by atoms with van der Waals surface area (Å²) in [4.78, 5) is 11.0. The van der Waals surface area contributed by atoms with Gasteiger partial charge in [-0.25, -0.2) is 4.79 Å². The van der Waals surface area contributed by atoms with E-state index in [9.17, 15) is 4.79 Å². The zero-order valence-electron chi connectivity index (χ0n) is 8.29. The van der Waals surface area contributed by atoms with E-state index in [4.69, 9.17) is 9.47 Å². The number of likely N-dealkylation sites (N-methyl/N-ethyl adjacent to an activating group) is 1. The van der Waals surface area contributed by atoms with Crippen LogP contribution in [0.5, 0.6) is 0 Å². The Labute approximate surface area is 77.7 Å². The van der Waals surface area contributed by atoms with Crippen molar-refractivity contribution in [2.75, 3.05) is 21.3 Å². The Morgan fingerprint density at radius 1 is 1.46 bits per heavy atom. The number of nitrogens with one attached hydrogen (secondary N) is 1. The van der Waals surface area contributed by atoms with E-state index < -0.39 is 12.3 Å². The highest BCUT2D eigenvalue weighted by molar-refractivity contribution is 5.87. The molecule has 0 rings (SSSR count). The molecule has 0 aliphatic carbocycles. The van der Waals surface area contributed by atoms with Gasteiger partial charge in [0.15, 0.2) is 12.0 Å². The van der Waals surface area contributed by atoms with Crippen LogP contribution in [0.15, 0.2) is 12.0 Å². The third kappa shape index (κ3) is 4.37. The molecule has 0 radical (unpaired) electrons. The molecule has 0 heterocycles. The second-order valence-electron chi connectivity index (χ2n) is 2.21. The van der Waals surface area contributed by atoms with Crippen LogP contribution in [0.3, 0.4) is 0 Å².